The number of aromatic nitrogens is 1. The molecular formula is C18H14N2O. The molecule has 3 nitrogen and oxygen atoms in total. The van der Waals surface area contributed by atoms with Gasteiger partial charge in [-0.05, 0) is 25.1 Å². The van der Waals surface area contributed by atoms with Crippen LogP contribution in [0.1, 0.15) is 16.8 Å². The van der Waals surface area contributed by atoms with Crippen LogP contribution in [0, 0.1) is 6.92 Å². The molecule has 0 saturated heterocycles. The number of hydrogen-bond acceptors (Lipinski definition) is 1. The highest BCUT2D eigenvalue weighted by atomic mass is 16.2. The van der Waals surface area contributed by atoms with Gasteiger partial charge >= 0.3 is 0 Å². The first kappa shape index (κ1) is 12.0. The van der Waals surface area contributed by atoms with Gasteiger partial charge in [-0.3, -0.25) is 4.79 Å². The lowest BCUT2D eigenvalue weighted by Gasteiger charge is -1.99. The van der Waals surface area contributed by atoms with Crippen LogP contribution >= 0.6 is 0 Å². The average molecular weight is 274 g/mol. The summed E-state index contributed by atoms with van der Waals surface area (Å²) in [4.78, 5) is 15.6. The molecule has 0 bridgehead atoms. The highest BCUT2D eigenvalue weighted by molar-refractivity contribution is 6.35. The van der Waals surface area contributed by atoms with Gasteiger partial charge in [0.1, 0.15) is 0 Å². The van der Waals surface area contributed by atoms with Crippen LogP contribution in [0.5, 0.6) is 0 Å². The van der Waals surface area contributed by atoms with Crippen LogP contribution in [0.25, 0.3) is 22.6 Å². The fourth-order valence-electron chi connectivity index (χ4n) is 2.91. The Balaban J connectivity index is 1.95. The predicted octanol–water partition coefficient (Wildman–Crippen LogP) is 3.97. The molecule has 102 valence electrons. The van der Waals surface area contributed by atoms with Crippen molar-refractivity contribution in [2.45, 2.75) is 6.92 Å². The van der Waals surface area contributed by atoms with E-state index < -0.39 is 0 Å². The summed E-state index contributed by atoms with van der Waals surface area (Å²) < 4.78 is 0. The third-order valence-corrected chi connectivity index (χ3v) is 3.94. The van der Waals surface area contributed by atoms with Crippen molar-refractivity contribution in [1.29, 1.82) is 0 Å². The van der Waals surface area contributed by atoms with Gasteiger partial charge in [0, 0.05) is 39.0 Å². The van der Waals surface area contributed by atoms with E-state index >= 15 is 0 Å². The summed E-state index contributed by atoms with van der Waals surface area (Å²) in [6, 6.07) is 15.9. The van der Waals surface area contributed by atoms with E-state index in [4.69, 9.17) is 0 Å². The average Bonchev–Trinajstić information content (AvgIpc) is 2.97. The summed E-state index contributed by atoms with van der Waals surface area (Å²) in [5, 5.41) is 4.05. The van der Waals surface area contributed by atoms with Crippen LogP contribution < -0.4 is 5.32 Å². The number of aryl methyl sites for hydroxylation is 1. The lowest BCUT2D eigenvalue weighted by molar-refractivity contribution is -0.110. The minimum atomic E-state index is -0.0409. The zero-order valence-electron chi connectivity index (χ0n) is 11.6. The van der Waals surface area contributed by atoms with Gasteiger partial charge in [-0.2, -0.15) is 0 Å². The first-order valence-corrected chi connectivity index (χ1v) is 6.94. The molecule has 21 heavy (non-hydrogen) atoms. The van der Waals surface area contributed by atoms with Gasteiger partial charge < -0.3 is 10.3 Å². The molecule has 0 fully saturated rings. The Morgan fingerprint density at radius 3 is 2.67 bits per heavy atom. The van der Waals surface area contributed by atoms with Crippen molar-refractivity contribution in [2.24, 2.45) is 0 Å². The second-order valence-corrected chi connectivity index (χ2v) is 5.27. The van der Waals surface area contributed by atoms with E-state index in [-0.39, 0.29) is 5.91 Å². The predicted molar refractivity (Wildman–Crippen MR) is 86.0 cm³/mol. The highest BCUT2D eigenvalue weighted by Gasteiger charge is 2.24. The van der Waals surface area contributed by atoms with Crippen LogP contribution in [0.15, 0.2) is 48.5 Å². The van der Waals surface area contributed by atoms with E-state index in [0.29, 0.717) is 0 Å². The number of fused-ring (bicyclic) bond motifs is 2. The van der Waals surface area contributed by atoms with Crippen molar-refractivity contribution in [2.75, 3.05) is 5.32 Å². The number of aromatic amines is 1. The minimum Gasteiger partial charge on any atom is -0.358 e. The summed E-state index contributed by atoms with van der Waals surface area (Å²) in [5.74, 6) is -0.0409. The van der Waals surface area contributed by atoms with E-state index in [9.17, 15) is 4.79 Å². The summed E-state index contributed by atoms with van der Waals surface area (Å²) in [5.41, 5.74) is 5.80. The van der Waals surface area contributed by atoms with Gasteiger partial charge in [-0.1, -0.05) is 36.4 Å². The Kier molecular flexibility index (Phi) is 2.48. The van der Waals surface area contributed by atoms with Crippen LogP contribution in [0.2, 0.25) is 0 Å². The number of nitrogens with one attached hydrogen (secondary N) is 2. The first-order valence-electron chi connectivity index (χ1n) is 6.94. The number of carbonyl (C=O) groups excluding carboxylic acids is 1. The number of para-hydroxylation sites is 2. The molecule has 3 aromatic rings. The van der Waals surface area contributed by atoms with Gasteiger partial charge in [-0.15, -0.1) is 0 Å². The fourth-order valence-corrected chi connectivity index (χ4v) is 2.91. The van der Waals surface area contributed by atoms with Crippen molar-refractivity contribution in [3.8, 4) is 0 Å². The Labute approximate surface area is 122 Å². The lowest BCUT2D eigenvalue weighted by Crippen LogP contribution is -2.03. The van der Waals surface area contributed by atoms with E-state index in [1.807, 2.05) is 55.5 Å². The van der Waals surface area contributed by atoms with Crippen molar-refractivity contribution >= 4 is 34.1 Å². The van der Waals surface area contributed by atoms with Gasteiger partial charge in [0.25, 0.3) is 5.91 Å². The maximum atomic E-state index is 12.2. The van der Waals surface area contributed by atoms with Crippen molar-refractivity contribution in [3.05, 3.63) is 65.4 Å². The Morgan fingerprint density at radius 1 is 1.00 bits per heavy atom. The Hall–Kier alpha value is -2.81. The van der Waals surface area contributed by atoms with E-state index in [0.717, 1.165) is 39.0 Å². The molecule has 1 aliphatic heterocycles. The molecular weight excluding hydrogens is 260 g/mol. The third kappa shape index (κ3) is 1.78. The van der Waals surface area contributed by atoms with Crippen LogP contribution in [0.4, 0.5) is 5.69 Å². The smallest absolute Gasteiger partial charge is 0.256 e. The second-order valence-electron chi connectivity index (χ2n) is 5.27. The Morgan fingerprint density at radius 2 is 1.76 bits per heavy atom. The normalized spacial score (nSPS) is 15.5. The molecule has 0 radical (unpaired) electrons. The number of rotatable bonds is 1. The molecule has 0 saturated carbocycles. The SMILES string of the molecule is Cc1[nH]c2ccccc2c1/C=C1\C(=O)Nc2ccccc21. The molecule has 1 aromatic heterocycles. The monoisotopic (exact) mass is 274 g/mol. The lowest BCUT2D eigenvalue weighted by atomic mass is 10.0. The Bertz CT molecular complexity index is 902. The number of hydrogen-bond donors (Lipinski definition) is 2. The van der Waals surface area contributed by atoms with Gasteiger partial charge in [0.2, 0.25) is 0 Å². The number of benzene rings is 2. The molecule has 2 aromatic carbocycles. The summed E-state index contributed by atoms with van der Waals surface area (Å²) in [6.45, 7) is 2.03. The number of amides is 1. The van der Waals surface area contributed by atoms with Crippen LogP contribution in [-0.4, -0.2) is 10.9 Å². The zero-order valence-corrected chi connectivity index (χ0v) is 11.6. The first-order chi connectivity index (χ1) is 10.2. The standard InChI is InChI=1S/C18H14N2O/c1-11-14(12-6-2-4-8-16(12)19-11)10-15-13-7-3-5-9-17(13)20-18(15)21/h2-10,19H,1H3,(H,20,21)/b15-10-. The molecule has 1 amide bonds. The zero-order chi connectivity index (χ0) is 14.4. The largest absolute Gasteiger partial charge is 0.358 e. The number of carbonyl (C=O) groups is 1. The van der Waals surface area contributed by atoms with Gasteiger partial charge in [-0.25, -0.2) is 0 Å². The second kappa shape index (κ2) is 4.35. The molecule has 0 spiro atoms. The van der Waals surface area contributed by atoms with Crippen molar-refractivity contribution in [3.63, 3.8) is 0 Å². The minimum absolute atomic E-state index is 0.0409. The fraction of sp³-hybridized carbons (Fsp3) is 0.0556. The molecule has 2 heterocycles. The maximum Gasteiger partial charge on any atom is 0.256 e. The molecule has 1 aliphatic rings. The van der Waals surface area contributed by atoms with Gasteiger partial charge in [0.05, 0.1) is 0 Å². The van der Waals surface area contributed by atoms with E-state index in [2.05, 4.69) is 16.4 Å². The van der Waals surface area contributed by atoms with Crippen molar-refractivity contribution in [1.82, 2.24) is 4.98 Å². The highest BCUT2D eigenvalue weighted by Crippen LogP contribution is 2.34. The molecule has 0 unspecified atom stereocenters. The summed E-state index contributed by atoms with van der Waals surface area (Å²) in [7, 11) is 0. The molecule has 0 aliphatic carbocycles. The number of H-pyrrole nitrogens is 1. The summed E-state index contributed by atoms with van der Waals surface area (Å²) in [6.07, 6.45) is 1.98. The maximum absolute atomic E-state index is 12.2. The van der Waals surface area contributed by atoms with E-state index in [1.165, 1.54) is 0 Å². The van der Waals surface area contributed by atoms with E-state index in [1.54, 1.807) is 0 Å². The van der Waals surface area contributed by atoms with Crippen LogP contribution in [-0.2, 0) is 4.79 Å². The molecule has 2 N–H and O–H groups in total. The third-order valence-electron chi connectivity index (χ3n) is 3.94. The number of anilines is 1. The topological polar surface area (TPSA) is 44.9 Å². The van der Waals surface area contributed by atoms with Crippen molar-refractivity contribution < 1.29 is 4.79 Å². The molecule has 0 atom stereocenters. The quantitative estimate of drug-likeness (QED) is 0.648. The molecule has 3 heteroatoms. The summed E-state index contributed by atoms with van der Waals surface area (Å²) >= 11 is 0. The van der Waals surface area contributed by atoms with Gasteiger partial charge in [0.15, 0.2) is 0 Å². The molecule has 4 rings (SSSR count). The van der Waals surface area contributed by atoms with Crippen LogP contribution in [0.3, 0.4) is 0 Å².